The zero-order valence-corrected chi connectivity index (χ0v) is 9.73. The van der Waals surface area contributed by atoms with Crippen LogP contribution in [0, 0.1) is 0 Å². The number of primary amides is 1. The molecule has 5 heteroatoms. The van der Waals surface area contributed by atoms with Crippen LogP contribution in [0.25, 0.3) is 0 Å². The molecule has 1 aromatic rings. The van der Waals surface area contributed by atoms with Crippen LogP contribution < -0.4 is 15.8 Å². The van der Waals surface area contributed by atoms with E-state index >= 15 is 0 Å². The van der Waals surface area contributed by atoms with E-state index in [1.54, 1.807) is 31.2 Å². The third-order valence-electron chi connectivity index (χ3n) is 2.08. The number of hydrogen-bond donors (Lipinski definition) is 2. The molecule has 1 rings (SSSR count). The fourth-order valence-electron chi connectivity index (χ4n) is 1.15. The number of amides is 2. The van der Waals surface area contributed by atoms with Crippen LogP contribution in [0.2, 0.25) is 0 Å². The molecule has 0 heterocycles. The minimum Gasteiger partial charge on any atom is -0.493 e. The third-order valence-corrected chi connectivity index (χ3v) is 2.08. The fraction of sp³-hybridized carbons (Fsp3) is 0.333. The topological polar surface area (TPSA) is 81.4 Å². The van der Waals surface area contributed by atoms with Gasteiger partial charge < -0.3 is 15.8 Å². The number of hydrogen-bond acceptors (Lipinski definition) is 3. The van der Waals surface area contributed by atoms with Gasteiger partial charge in [0.1, 0.15) is 5.75 Å². The molecule has 5 nitrogen and oxygen atoms in total. The summed E-state index contributed by atoms with van der Waals surface area (Å²) in [7, 11) is 0. The van der Waals surface area contributed by atoms with Crippen molar-refractivity contribution in [3.05, 3.63) is 24.3 Å². The highest BCUT2D eigenvalue weighted by molar-refractivity contribution is 5.90. The number of rotatable bonds is 6. The molecular weight excluding hydrogens is 220 g/mol. The molecule has 0 saturated carbocycles. The molecule has 17 heavy (non-hydrogen) atoms. The van der Waals surface area contributed by atoms with Gasteiger partial charge in [-0.2, -0.15) is 0 Å². The van der Waals surface area contributed by atoms with Crippen molar-refractivity contribution in [2.75, 3.05) is 11.9 Å². The minimum atomic E-state index is -0.392. The van der Waals surface area contributed by atoms with Gasteiger partial charge in [0.05, 0.1) is 13.0 Å². The van der Waals surface area contributed by atoms with Crippen LogP contribution in [-0.2, 0) is 9.59 Å². The molecule has 0 spiro atoms. The predicted molar refractivity (Wildman–Crippen MR) is 64.7 cm³/mol. The van der Waals surface area contributed by atoms with Gasteiger partial charge in [0, 0.05) is 12.1 Å². The molecule has 0 unspecified atom stereocenters. The Hall–Kier alpha value is -2.04. The SMILES string of the molecule is CCC(=O)Nc1ccc(OCCC(N)=O)cc1. The Kier molecular flexibility index (Phi) is 5.00. The van der Waals surface area contributed by atoms with Crippen molar-refractivity contribution in [3.8, 4) is 5.75 Å². The van der Waals surface area contributed by atoms with Crippen molar-refractivity contribution in [2.24, 2.45) is 5.73 Å². The Morgan fingerprint density at radius 3 is 2.47 bits per heavy atom. The maximum Gasteiger partial charge on any atom is 0.224 e. The Morgan fingerprint density at radius 1 is 1.29 bits per heavy atom. The second-order valence-electron chi connectivity index (χ2n) is 3.49. The standard InChI is InChI=1S/C12H16N2O3/c1-2-12(16)14-9-3-5-10(6-4-9)17-8-7-11(13)15/h3-6H,2,7-8H2,1H3,(H2,13,15)(H,14,16). The first-order valence-corrected chi connectivity index (χ1v) is 5.43. The average molecular weight is 236 g/mol. The van der Waals surface area contributed by atoms with E-state index in [0.29, 0.717) is 12.2 Å². The molecule has 0 aliphatic rings. The number of carbonyl (C=O) groups excluding carboxylic acids is 2. The molecule has 0 bridgehead atoms. The van der Waals surface area contributed by atoms with Crippen LogP contribution in [0.15, 0.2) is 24.3 Å². The van der Waals surface area contributed by atoms with Crippen LogP contribution >= 0.6 is 0 Å². The van der Waals surface area contributed by atoms with E-state index in [0.717, 1.165) is 5.69 Å². The molecule has 2 amide bonds. The van der Waals surface area contributed by atoms with E-state index in [4.69, 9.17) is 10.5 Å². The molecule has 1 aromatic carbocycles. The fourth-order valence-corrected chi connectivity index (χ4v) is 1.15. The van der Waals surface area contributed by atoms with Gasteiger partial charge in [-0.25, -0.2) is 0 Å². The van der Waals surface area contributed by atoms with E-state index in [9.17, 15) is 9.59 Å². The summed E-state index contributed by atoms with van der Waals surface area (Å²) >= 11 is 0. The highest BCUT2D eigenvalue weighted by Crippen LogP contribution is 2.15. The van der Waals surface area contributed by atoms with Crippen molar-refractivity contribution in [3.63, 3.8) is 0 Å². The van der Waals surface area contributed by atoms with E-state index < -0.39 is 5.91 Å². The van der Waals surface area contributed by atoms with Gasteiger partial charge >= 0.3 is 0 Å². The summed E-state index contributed by atoms with van der Waals surface area (Å²) in [5.41, 5.74) is 5.71. The highest BCUT2D eigenvalue weighted by Gasteiger charge is 2.00. The van der Waals surface area contributed by atoms with Crippen LogP contribution in [-0.4, -0.2) is 18.4 Å². The largest absolute Gasteiger partial charge is 0.493 e. The Morgan fingerprint density at radius 2 is 1.94 bits per heavy atom. The second-order valence-corrected chi connectivity index (χ2v) is 3.49. The van der Waals surface area contributed by atoms with Gasteiger partial charge in [-0.1, -0.05) is 6.92 Å². The lowest BCUT2D eigenvalue weighted by molar-refractivity contribution is -0.118. The highest BCUT2D eigenvalue weighted by atomic mass is 16.5. The number of nitrogens with one attached hydrogen (secondary N) is 1. The molecular formula is C12H16N2O3. The van der Waals surface area contributed by atoms with E-state index in [1.807, 2.05) is 0 Å². The maximum absolute atomic E-state index is 11.1. The summed E-state index contributed by atoms with van der Waals surface area (Å²) < 4.78 is 5.29. The molecule has 0 atom stereocenters. The van der Waals surface area contributed by atoms with Gasteiger partial charge in [0.25, 0.3) is 0 Å². The van der Waals surface area contributed by atoms with Crippen molar-refractivity contribution in [1.29, 1.82) is 0 Å². The van der Waals surface area contributed by atoms with Crippen LogP contribution in [0.3, 0.4) is 0 Å². The Labute approximate surface area is 99.9 Å². The van der Waals surface area contributed by atoms with Crippen LogP contribution in [0.1, 0.15) is 19.8 Å². The zero-order chi connectivity index (χ0) is 12.7. The van der Waals surface area contributed by atoms with Crippen molar-refractivity contribution < 1.29 is 14.3 Å². The average Bonchev–Trinajstić information content (AvgIpc) is 2.31. The van der Waals surface area contributed by atoms with Gasteiger partial charge in [-0.15, -0.1) is 0 Å². The lowest BCUT2D eigenvalue weighted by Crippen LogP contribution is -2.14. The number of anilines is 1. The normalized spacial score (nSPS) is 9.71. The van der Waals surface area contributed by atoms with Crippen LogP contribution in [0.5, 0.6) is 5.75 Å². The van der Waals surface area contributed by atoms with Crippen molar-refractivity contribution >= 4 is 17.5 Å². The van der Waals surface area contributed by atoms with Gasteiger partial charge in [0.2, 0.25) is 11.8 Å². The first-order valence-electron chi connectivity index (χ1n) is 5.43. The number of benzene rings is 1. The Balaban J connectivity index is 2.44. The summed E-state index contributed by atoms with van der Waals surface area (Å²) in [4.78, 5) is 21.6. The number of carbonyl (C=O) groups is 2. The van der Waals surface area contributed by atoms with E-state index in [-0.39, 0.29) is 18.9 Å². The van der Waals surface area contributed by atoms with Gasteiger partial charge in [-0.05, 0) is 24.3 Å². The smallest absolute Gasteiger partial charge is 0.224 e. The molecule has 0 fully saturated rings. The summed E-state index contributed by atoms with van der Waals surface area (Å²) in [6.45, 7) is 2.05. The predicted octanol–water partition coefficient (Wildman–Crippen LogP) is 1.29. The molecule has 0 radical (unpaired) electrons. The van der Waals surface area contributed by atoms with E-state index in [1.165, 1.54) is 0 Å². The van der Waals surface area contributed by atoms with Crippen LogP contribution in [0.4, 0.5) is 5.69 Å². The van der Waals surface area contributed by atoms with Gasteiger partial charge in [0.15, 0.2) is 0 Å². The molecule has 0 aliphatic heterocycles. The third kappa shape index (κ3) is 5.01. The summed E-state index contributed by atoms with van der Waals surface area (Å²) in [5.74, 6) is 0.213. The maximum atomic E-state index is 11.1. The van der Waals surface area contributed by atoms with E-state index in [2.05, 4.69) is 5.32 Å². The minimum absolute atomic E-state index is 0.0348. The molecule has 0 saturated heterocycles. The molecule has 92 valence electrons. The molecule has 3 N–H and O–H groups in total. The zero-order valence-electron chi connectivity index (χ0n) is 9.73. The summed E-state index contributed by atoms with van der Waals surface area (Å²) in [6, 6.07) is 6.94. The first kappa shape index (κ1) is 13.0. The number of nitrogens with two attached hydrogens (primary N) is 1. The lowest BCUT2D eigenvalue weighted by atomic mass is 10.3. The molecule has 0 aromatic heterocycles. The first-order chi connectivity index (χ1) is 8.11. The summed E-state index contributed by atoms with van der Waals surface area (Å²) in [5, 5.41) is 2.72. The Bertz CT molecular complexity index is 387. The second kappa shape index (κ2) is 6.52. The van der Waals surface area contributed by atoms with Crippen molar-refractivity contribution in [1.82, 2.24) is 0 Å². The lowest BCUT2D eigenvalue weighted by Gasteiger charge is -2.07. The summed E-state index contributed by atoms with van der Waals surface area (Å²) in [6.07, 6.45) is 0.630. The number of ether oxygens (including phenoxy) is 1. The van der Waals surface area contributed by atoms with Crippen molar-refractivity contribution in [2.45, 2.75) is 19.8 Å². The van der Waals surface area contributed by atoms with Gasteiger partial charge in [-0.3, -0.25) is 9.59 Å². The molecule has 0 aliphatic carbocycles. The quantitative estimate of drug-likeness (QED) is 0.780. The monoisotopic (exact) mass is 236 g/mol.